The van der Waals surface area contributed by atoms with Gasteiger partial charge in [-0.25, -0.2) is 0 Å². The maximum Gasteiger partial charge on any atom is 0.230 e. The Morgan fingerprint density at radius 2 is 1.76 bits per heavy atom. The fraction of sp³-hybridized carbons (Fsp3) is 0. The summed E-state index contributed by atoms with van der Waals surface area (Å²) < 4.78 is 6.12. The summed E-state index contributed by atoms with van der Waals surface area (Å²) in [6, 6.07) is 12.9. The van der Waals surface area contributed by atoms with E-state index in [-0.39, 0.29) is 5.88 Å². The summed E-state index contributed by atoms with van der Waals surface area (Å²) in [4.78, 5) is 0. The standard InChI is InChI=1S/C15H9BrCl2N2O/c16-9-3-1-8(2-4-9)13-14(20-21-15(13)19)11-7-10(17)5-6-12(11)18/h1-7H,19H2. The first-order valence-corrected chi connectivity index (χ1v) is 7.57. The van der Waals surface area contributed by atoms with Crippen LogP contribution >= 0.6 is 39.1 Å². The van der Waals surface area contributed by atoms with Crippen molar-refractivity contribution in [2.24, 2.45) is 0 Å². The number of hydrogen-bond donors (Lipinski definition) is 1. The Hall–Kier alpha value is -1.49. The first kappa shape index (κ1) is 14.4. The zero-order valence-corrected chi connectivity index (χ0v) is 13.7. The van der Waals surface area contributed by atoms with Crippen molar-refractivity contribution >= 4 is 45.0 Å². The van der Waals surface area contributed by atoms with E-state index in [1.54, 1.807) is 18.2 Å². The van der Waals surface area contributed by atoms with E-state index in [1.165, 1.54) is 0 Å². The van der Waals surface area contributed by atoms with Crippen LogP contribution in [0.3, 0.4) is 0 Å². The lowest BCUT2D eigenvalue weighted by Gasteiger charge is -2.05. The Morgan fingerprint density at radius 1 is 1.05 bits per heavy atom. The minimum absolute atomic E-state index is 0.239. The maximum atomic E-state index is 6.24. The van der Waals surface area contributed by atoms with Gasteiger partial charge in [0.15, 0.2) is 0 Å². The number of nitrogens with two attached hydrogens (primary N) is 1. The third-order valence-electron chi connectivity index (χ3n) is 3.03. The lowest BCUT2D eigenvalue weighted by Crippen LogP contribution is -1.88. The first-order chi connectivity index (χ1) is 10.1. The Balaban J connectivity index is 2.21. The maximum absolute atomic E-state index is 6.24. The number of nitrogens with zero attached hydrogens (tertiary/aromatic N) is 1. The van der Waals surface area contributed by atoms with Crippen LogP contribution in [0.4, 0.5) is 5.88 Å². The first-order valence-electron chi connectivity index (χ1n) is 6.03. The van der Waals surface area contributed by atoms with Gasteiger partial charge in [0.25, 0.3) is 0 Å². The minimum Gasteiger partial charge on any atom is -0.367 e. The number of nitrogen functional groups attached to an aromatic ring is 1. The molecule has 3 nitrogen and oxygen atoms in total. The summed E-state index contributed by atoms with van der Waals surface area (Å²) in [6.07, 6.45) is 0. The lowest BCUT2D eigenvalue weighted by atomic mass is 10.0. The van der Waals surface area contributed by atoms with Crippen LogP contribution in [0, 0.1) is 0 Å². The largest absolute Gasteiger partial charge is 0.367 e. The fourth-order valence-electron chi connectivity index (χ4n) is 2.06. The van der Waals surface area contributed by atoms with Crippen molar-refractivity contribution in [3.05, 3.63) is 57.0 Å². The molecule has 21 heavy (non-hydrogen) atoms. The monoisotopic (exact) mass is 382 g/mol. The molecule has 0 spiro atoms. The minimum atomic E-state index is 0.239. The van der Waals surface area contributed by atoms with Crippen LogP contribution in [0.2, 0.25) is 10.0 Å². The fourth-order valence-corrected chi connectivity index (χ4v) is 2.70. The summed E-state index contributed by atoms with van der Waals surface area (Å²) in [5.74, 6) is 0.239. The highest BCUT2D eigenvalue weighted by atomic mass is 79.9. The predicted molar refractivity (Wildman–Crippen MR) is 89.5 cm³/mol. The molecule has 3 rings (SSSR count). The SMILES string of the molecule is Nc1onc(-c2cc(Cl)ccc2Cl)c1-c1ccc(Br)cc1. The lowest BCUT2D eigenvalue weighted by molar-refractivity contribution is 0.439. The summed E-state index contributed by atoms with van der Waals surface area (Å²) in [6.45, 7) is 0. The molecule has 0 saturated heterocycles. The van der Waals surface area contributed by atoms with Gasteiger partial charge in [0, 0.05) is 15.1 Å². The van der Waals surface area contributed by atoms with E-state index in [0.29, 0.717) is 26.9 Å². The summed E-state index contributed by atoms with van der Waals surface area (Å²) in [7, 11) is 0. The highest BCUT2D eigenvalue weighted by molar-refractivity contribution is 9.10. The number of hydrogen-bond acceptors (Lipinski definition) is 3. The summed E-state index contributed by atoms with van der Waals surface area (Å²) in [5, 5.41) is 5.13. The number of rotatable bonds is 2. The molecule has 0 fully saturated rings. The average Bonchev–Trinajstić information content (AvgIpc) is 2.84. The molecule has 1 heterocycles. The molecule has 0 aliphatic carbocycles. The van der Waals surface area contributed by atoms with Gasteiger partial charge >= 0.3 is 0 Å². The van der Waals surface area contributed by atoms with E-state index in [4.69, 9.17) is 33.5 Å². The van der Waals surface area contributed by atoms with Gasteiger partial charge in [0.05, 0.1) is 10.6 Å². The van der Waals surface area contributed by atoms with Crippen LogP contribution in [-0.2, 0) is 0 Å². The zero-order chi connectivity index (χ0) is 15.0. The quantitative estimate of drug-likeness (QED) is 0.621. The summed E-state index contributed by atoms with van der Waals surface area (Å²) in [5.41, 5.74) is 8.77. The molecule has 0 aliphatic rings. The van der Waals surface area contributed by atoms with E-state index in [1.807, 2.05) is 24.3 Å². The molecule has 0 amide bonds. The van der Waals surface area contributed by atoms with E-state index < -0.39 is 0 Å². The van der Waals surface area contributed by atoms with Gasteiger partial charge in [-0.1, -0.05) is 56.4 Å². The van der Waals surface area contributed by atoms with Crippen LogP contribution < -0.4 is 5.73 Å². The molecule has 106 valence electrons. The number of aromatic nitrogens is 1. The molecule has 0 saturated carbocycles. The molecular weight excluding hydrogens is 375 g/mol. The van der Waals surface area contributed by atoms with Gasteiger partial charge < -0.3 is 10.3 Å². The van der Waals surface area contributed by atoms with Crippen molar-refractivity contribution in [3.8, 4) is 22.4 Å². The van der Waals surface area contributed by atoms with Crippen LogP contribution in [0.1, 0.15) is 0 Å². The van der Waals surface area contributed by atoms with Crippen molar-refractivity contribution in [1.29, 1.82) is 0 Å². The van der Waals surface area contributed by atoms with E-state index in [2.05, 4.69) is 21.1 Å². The number of benzene rings is 2. The highest BCUT2D eigenvalue weighted by Crippen LogP contribution is 2.40. The smallest absolute Gasteiger partial charge is 0.230 e. The van der Waals surface area contributed by atoms with E-state index >= 15 is 0 Å². The third-order valence-corrected chi connectivity index (χ3v) is 4.13. The molecule has 3 aromatic rings. The molecule has 0 unspecified atom stereocenters. The number of halogens is 3. The molecular formula is C15H9BrCl2N2O. The van der Waals surface area contributed by atoms with Crippen molar-refractivity contribution < 1.29 is 4.52 Å². The van der Waals surface area contributed by atoms with Gasteiger partial charge in [-0.05, 0) is 35.9 Å². The Kier molecular flexibility index (Phi) is 3.93. The second kappa shape index (κ2) is 5.72. The molecule has 1 aromatic heterocycles. The molecule has 2 aromatic carbocycles. The predicted octanol–water partition coefficient (Wildman–Crippen LogP) is 5.66. The van der Waals surface area contributed by atoms with Gasteiger partial charge in [0.2, 0.25) is 5.88 Å². The second-order valence-electron chi connectivity index (χ2n) is 4.40. The third kappa shape index (κ3) is 2.79. The van der Waals surface area contributed by atoms with Gasteiger partial charge in [-0.3, -0.25) is 0 Å². The Bertz CT molecular complexity index is 800. The zero-order valence-electron chi connectivity index (χ0n) is 10.6. The van der Waals surface area contributed by atoms with E-state index in [0.717, 1.165) is 10.0 Å². The Labute approximate surface area is 139 Å². The van der Waals surface area contributed by atoms with Crippen LogP contribution in [0.25, 0.3) is 22.4 Å². The van der Waals surface area contributed by atoms with Gasteiger partial charge in [-0.2, -0.15) is 0 Å². The normalized spacial score (nSPS) is 10.8. The topological polar surface area (TPSA) is 52.0 Å². The van der Waals surface area contributed by atoms with Crippen molar-refractivity contribution in [2.75, 3.05) is 5.73 Å². The molecule has 0 bridgehead atoms. The number of anilines is 1. The van der Waals surface area contributed by atoms with Crippen LogP contribution in [0.15, 0.2) is 51.5 Å². The Morgan fingerprint density at radius 3 is 2.48 bits per heavy atom. The second-order valence-corrected chi connectivity index (χ2v) is 6.16. The van der Waals surface area contributed by atoms with Crippen molar-refractivity contribution in [2.45, 2.75) is 0 Å². The molecule has 0 radical (unpaired) electrons. The molecule has 6 heteroatoms. The van der Waals surface area contributed by atoms with Gasteiger partial charge in [-0.15, -0.1) is 0 Å². The van der Waals surface area contributed by atoms with E-state index in [9.17, 15) is 0 Å². The van der Waals surface area contributed by atoms with Gasteiger partial charge in [0.1, 0.15) is 5.69 Å². The molecule has 2 N–H and O–H groups in total. The molecule has 0 aliphatic heterocycles. The van der Waals surface area contributed by atoms with Crippen LogP contribution in [0.5, 0.6) is 0 Å². The highest BCUT2D eigenvalue weighted by Gasteiger charge is 2.19. The molecule has 0 atom stereocenters. The van der Waals surface area contributed by atoms with Crippen molar-refractivity contribution in [1.82, 2.24) is 5.16 Å². The summed E-state index contributed by atoms with van der Waals surface area (Å²) >= 11 is 15.7. The van der Waals surface area contributed by atoms with Crippen LogP contribution in [-0.4, -0.2) is 5.16 Å². The average molecular weight is 384 g/mol. The van der Waals surface area contributed by atoms with Crippen molar-refractivity contribution in [3.63, 3.8) is 0 Å².